The molecule has 0 saturated heterocycles. The third-order valence-electron chi connectivity index (χ3n) is 2.10. The zero-order valence-corrected chi connectivity index (χ0v) is 7.58. The van der Waals surface area contributed by atoms with E-state index in [0.29, 0.717) is 0 Å². The molecule has 0 atom stereocenters. The highest BCUT2D eigenvalue weighted by Gasteiger charge is 2.68. The number of halogens is 4. The van der Waals surface area contributed by atoms with E-state index >= 15 is 0 Å². The van der Waals surface area contributed by atoms with Gasteiger partial charge in [0.15, 0.2) is 0 Å². The number of carbonyl (C=O) groups excluding carboxylic acids is 1. The Kier molecular flexibility index (Phi) is 2.26. The number of hydrogen-bond donors (Lipinski definition) is 0. The van der Waals surface area contributed by atoms with Gasteiger partial charge in [0.25, 0.3) is 6.47 Å². The zero-order chi connectivity index (χ0) is 10.3. The number of carbonyl (C=O) groups is 1. The van der Waals surface area contributed by atoms with Gasteiger partial charge in [0.05, 0.1) is 4.87 Å². The average molecular weight is 217 g/mol. The first-order valence-electron chi connectivity index (χ1n) is 3.60. The van der Waals surface area contributed by atoms with Crippen LogP contribution in [0.25, 0.3) is 0 Å². The van der Waals surface area contributed by atoms with Crippen LogP contribution in [-0.2, 0) is 9.53 Å². The van der Waals surface area contributed by atoms with Gasteiger partial charge in [-0.15, -0.1) is 11.6 Å². The fourth-order valence-corrected chi connectivity index (χ4v) is 2.01. The zero-order valence-electron chi connectivity index (χ0n) is 6.82. The lowest BCUT2D eigenvalue weighted by molar-refractivity contribution is -0.295. The van der Waals surface area contributed by atoms with Crippen molar-refractivity contribution in [2.24, 2.45) is 0 Å². The van der Waals surface area contributed by atoms with Crippen LogP contribution in [0.2, 0.25) is 0 Å². The summed E-state index contributed by atoms with van der Waals surface area (Å²) >= 11 is 5.63. The fourth-order valence-electron chi connectivity index (χ4n) is 1.58. The smallest absolute Gasteiger partial charge is 0.428 e. The quantitative estimate of drug-likeness (QED) is 0.523. The summed E-state index contributed by atoms with van der Waals surface area (Å²) in [4.78, 5) is 8.99. The Morgan fingerprint density at radius 1 is 1.46 bits per heavy atom. The molecule has 2 nitrogen and oxygen atoms in total. The third-order valence-corrected chi connectivity index (χ3v) is 2.37. The Balaban J connectivity index is 2.77. The Bertz CT molecular complexity index is 216. The van der Waals surface area contributed by atoms with Crippen LogP contribution < -0.4 is 0 Å². The molecule has 13 heavy (non-hydrogen) atoms. The van der Waals surface area contributed by atoms with Crippen molar-refractivity contribution in [1.82, 2.24) is 0 Å². The van der Waals surface area contributed by atoms with Crippen LogP contribution in [0.5, 0.6) is 0 Å². The predicted molar refractivity (Wildman–Crippen MR) is 39.4 cm³/mol. The molecule has 0 radical (unpaired) electrons. The molecule has 76 valence electrons. The van der Waals surface area contributed by atoms with E-state index in [1.54, 1.807) is 0 Å². The summed E-state index contributed by atoms with van der Waals surface area (Å²) < 4.78 is 41.1. The van der Waals surface area contributed by atoms with Gasteiger partial charge < -0.3 is 4.74 Å². The molecular weight excluding hydrogens is 209 g/mol. The molecule has 1 aliphatic rings. The van der Waals surface area contributed by atoms with Gasteiger partial charge >= 0.3 is 6.18 Å². The van der Waals surface area contributed by atoms with Gasteiger partial charge in [0.1, 0.15) is 0 Å². The van der Waals surface area contributed by atoms with Gasteiger partial charge in [0, 0.05) is 12.8 Å². The summed E-state index contributed by atoms with van der Waals surface area (Å²) in [5.41, 5.74) is -2.36. The Morgan fingerprint density at radius 3 is 2.15 bits per heavy atom. The van der Waals surface area contributed by atoms with Crippen LogP contribution in [-0.4, -0.2) is 23.1 Å². The minimum atomic E-state index is -4.54. The molecule has 1 aliphatic carbocycles. The maximum atomic E-state index is 12.3. The molecular formula is C7H8ClF3O2. The van der Waals surface area contributed by atoms with Crippen molar-refractivity contribution < 1.29 is 22.7 Å². The van der Waals surface area contributed by atoms with Gasteiger partial charge in [-0.05, 0) is 6.92 Å². The van der Waals surface area contributed by atoms with Crippen molar-refractivity contribution in [2.45, 2.75) is 36.4 Å². The first-order valence-corrected chi connectivity index (χ1v) is 3.97. The minimum Gasteiger partial charge on any atom is -0.451 e. The Labute approximate surface area is 78.0 Å². The second kappa shape index (κ2) is 2.77. The Hall–Kier alpha value is -0.450. The van der Waals surface area contributed by atoms with Crippen LogP contribution in [0.15, 0.2) is 0 Å². The predicted octanol–water partition coefficient (Wildman–Crippen LogP) is 2.25. The molecule has 6 heteroatoms. The second-order valence-electron chi connectivity index (χ2n) is 3.47. The number of hydrogen-bond acceptors (Lipinski definition) is 2. The highest BCUT2D eigenvalue weighted by molar-refractivity contribution is 6.24. The van der Waals surface area contributed by atoms with E-state index in [-0.39, 0.29) is 19.3 Å². The summed E-state index contributed by atoms with van der Waals surface area (Å²) in [6, 6.07) is 0. The molecule has 0 aromatic carbocycles. The molecule has 0 aromatic heterocycles. The van der Waals surface area contributed by atoms with E-state index in [1.165, 1.54) is 6.92 Å². The van der Waals surface area contributed by atoms with Gasteiger partial charge in [-0.25, -0.2) is 0 Å². The van der Waals surface area contributed by atoms with Crippen molar-refractivity contribution in [3.63, 3.8) is 0 Å². The molecule has 0 unspecified atom stereocenters. The highest BCUT2D eigenvalue weighted by Crippen LogP contribution is 2.55. The topological polar surface area (TPSA) is 26.3 Å². The monoisotopic (exact) mass is 216 g/mol. The molecule has 0 heterocycles. The first-order chi connectivity index (χ1) is 5.72. The minimum absolute atomic E-state index is 0.181. The molecule has 0 aliphatic heterocycles. The molecule has 0 bridgehead atoms. The molecule has 0 aromatic rings. The third kappa shape index (κ3) is 1.75. The molecule has 1 rings (SSSR count). The van der Waals surface area contributed by atoms with E-state index in [2.05, 4.69) is 4.74 Å². The van der Waals surface area contributed by atoms with Gasteiger partial charge in [-0.3, -0.25) is 4.79 Å². The van der Waals surface area contributed by atoms with Crippen LogP contribution in [0.4, 0.5) is 13.2 Å². The highest BCUT2D eigenvalue weighted by atomic mass is 35.5. The van der Waals surface area contributed by atoms with Crippen LogP contribution in [0.3, 0.4) is 0 Å². The summed E-state index contributed by atoms with van der Waals surface area (Å²) in [6.45, 7) is 1.30. The molecule has 0 amide bonds. The average Bonchev–Trinajstić information content (AvgIpc) is 1.80. The van der Waals surface area contributed by atoms with E-state index in [9.17, 15) is 18.0 Å². The molecule has 0 spiro atoms. The number of alkyl halides is 4. The number of rotatable bonds is 2. The summed E-state index contributed by atoms with van der Waals surface area (Å²) in [5, 5.41) is 0. The Morgan fingerprint density at radius 2 is 1.92 bits per heavy atom. The molecule has 1 fully saturated rings. The van der Waals surface area contributed by atoms with E-state index in [0.717, 1.165) is 0 Å². The van der Waals surface area contributed by atoms with E-state index < -0.39 is 16.7 Å². The van der Waals surface area contributed by atoms with E-state index in [4.69, 9.17) is 11.6 Å². The van der Waals surface area contributed by atoms with Gasteiger partial charge in [-0.2, -0.15) is 13.2 Å². The summed E-state index contributed by atoms with van der Waals surface area (Å²) in [7, 11) is 0. The number of ether oxygens (including phenoxy) is 1. The molecule has 0 N–H and O–H groups in total. The van der Waals surface area contributed by atoms with Crippen molar-refractivity contribution >= 4 is 18.1 Å². The van der Waals surface area contributed by atoms with Gasteiger partial charge in [0.2, 0.25) is 5.60 Å². The van der Waals surface area contributed by atoms with Crippen molar-refractivity contribution in [1.29, 1.82) is 0 Å². The van der Waals surface area contributed by atoms with Gasteiger partial charge in [-0.1, -0.05) is 0 Å². The van der Waals surface area contributed by atoms with Crippen LogP contribution >= 0.6 is 11.6 Å². The van der Waals surface area contributed by atoms with Crippen molar-refractivity contribution in [3.8, 4) is 0 Å². The maximum absolute atomic E-state index is 12.3. The SMILES string of the molecule is CC1(Cl)CC(OC=O)(C(F)(F)F)C1. The van der Waals surface area contributed by atoms with Crippen molar-refractivity contribution in [2.75, 3.05) is 0 Å². The summed E-state index contributed by atoms with van der Waals surface area (Å²) in [5.74, 6) is 0. The lowest BCUT2D eigenvalue weighted by atomic mass is 9.70. The molecule has 1 saturated carbocycles. The fraction of sp³-hybridized carbons (Fsp3) is 0.857. The first kappa shape index (κ1) is 10.6. The van der Waals surface area contributed by atoms with Crippen LogP contribution in [0.1, 0.15) is 19.8 Å². The second-order valence-corrected chi connectivity index (χ2v) is 4.39. The maximum Gasteiger partial charge on any atom is 0.428 e. The lowest BCUT2D eigenvalue weighted by Gasteiger charge is -2.49. The lowest BCUT2D eigenvalue weighted by Crippen LogP contribution is -2.62. The standard InChI is InChI=1S/C7H8ClF3O2/c1-5(8)2-6(3-5,13-4-12)7(9,10)11/h4H,2-3H2,1H3. The largest absolute Gasteiger partial charge is 0.451 e. The summed E-state index contributed by atoms with van der Waals surface area (Å²) in [6.07, 6.45) is -5.31. The van der Waals surface area contributed by atoms with Crippen LogP contribution in [0, 0.1) is 0 Å². The normalized spacial score (nSPS) is 39.5. The van der Waals surface area contributed by atoms with E-state index in [1.807, 2.05) is 0 Å². The van der Waals surface area contributed by atoms with Crippen molar-refractivity contribution in [3.05, 3.63) is 0 Å².